The van der Waals surface area contributed by atoms with E-state index in [2.05, 4.69) is 10.1 Å². The molecular weight excluding hydrogens is 404 g/mol. The molecule has 0 radical (unpaired) electrons. The fraction of sp³-hybridized carbons (Fsp3) is 0.348. The number of hydrogen-bond acceptors (Lipinski definition) is 6. The van der Waals surface area contributed by atoms with Crippen LogP contribution in [-0.2, 0) is 13.2 Å². The molecule has 0 unspecified atom stereocenters. The van der Waals surface area contributed by atoms with Gasteiger partial charge >= 0.3 is 0 Å². The van der Waals surface area contributed by atoms with E-state index in [9.17, 15) is 5.11 Å². The number of rotatable bonds is 7. The average molecular weight is 429 g/mol. The molecule has 1 aromatic heterocycles. The predicted octanol–water partition coefficient (Wildman–Crippen LogP) is 4.15. The van der Waals surface area contributed by atoms with Gasteiger partial charge in [0.25, 0.3) is 0 Å². The third kappa shape index (κ3) is 4.95. The molecule has 2 atom stereocenters. The van der Waals surface area contributed by atoms with Gasteiger partial charge in [0.1, 0.15) is 36.1 Å². The van der Waals surface area contributed by atoms with Gasteiger partial charge in [0, 0.05) is 24.7 Å². The maximum absolute atomic E-state index is 10.4. The van der Waals surface area contributed by atoms with Gasteiger partial charge in [0.15, 0.2) is 0 Å². The van der Waals surface area contributed by atoms with Crippen LogP contribution in [0.3, 0.4) is 0 Å². The Bertz CT molecular complexity index is 970. The predicted molar refractivity (Wildman–Crippen MR) is 114 cm³/mol. The normalized spacial score (nSPS) is 19.2. The minimum atomic E-state index is -0.540. The summed E-state index contributed by atoms with van der Waals surface area (Å²) in [5, 5.41) is 14.9. The second-order valence-electron chi connectivity index (χ2n) is 7.61. The monoisotopic (exact) mass is 428 g/mol. The van der Waals surface area contributed by atoms with E-state index in [1.807, 2.05) is 50.2 Å². The number of β-amino-alcohol motifs (C(OH)–C–C–N with tert-alkyl or cyclic N) is 1. The summed E-state index contributed by atoms with van der Waals surface area (Å²) in [5.41, 5.74) is 2.98. The molecule has 3 aromatic rings. The van der Waals surface area contributed by atoms with Crippen LogP contribution in [0.2, 0.25) is 5.02 Å². The van der Waals surface area contributed by atoms with Crippen molar-refractivity contribution in [3.63, 3.8) is 0 Å². The number of hydrogen-bond donors (Lipinski definition) is 1. The van der Waals surface area contributed by atoms with E-state index >= 15 is 0 Å². The quantitative estimate of drug-likeness (QED) is 0.609. The molecule has 6 nitrogen and oxygen atoms in total. The van der Waals surface area contributed by atoms with Crippen molar-refractivity contribution in [2.75, 3.05) is 13.1 Å². The largest absolute Gasteiger partial charge is 0.489 e. The van der Waals surface area contributed by atoms with Crippen molar-refractivity contribution in [3.8, 4) is 11.5 Å². The Morgan fingerprint density at radius 2 is 1.93 bits per heavy atom. The lowest BCUT2D eigenvalue weighted by atomic mass is 10.2. The molecule has 30 heavy (non-hydrogen) atoms. The van der Waals surface area contributed by atoms with E-state index in [4.69, 9.17) is 25.6 Å². The van der Waals surface area contributed by atoms with Gasteiger partial charge in [-0.3, -0.25) is 4.90 Å². The minimum absolute atomic E-state index is 0.277. The smallest absolute Gasteiger partial charge is 0.140 e. The number of aryl methyl sites for hydroxylation is 2. The second-order valence-corrected chi connectivity index (χ2v) is 8.05. The number of halogens is 1. The maximum Gasteiger partial charge on any atom is 0.140 e. The van der Waals surface area contributed by atoms with E-state index in [1.54, 1.807) is 12.1 Å². The number of aliphatic hydroxyl groups is 1. The third-order valence-electron chi connectivity index (χ3n) is 5.29. The Labute approximate surface area is 181 Å². The van der Waals surface area contributed by atoms with Crippen molar-refractivity contribution >= 4 is 11.6 Å². The van der Waals surface area contributed by atoms with Crippen molar-refractivity contribution in [2.45, 2.75) is 39.2 Å². The first kappa shape index (κ1) is 20.7. The lowest BCUT2D eigenvalue weighted by Crippen LogP contribution is -2.29. The molecule has 2 heterocycles. The number of benzene rings is 2. The first-order chi connectivity index (χ1) is 14.5. The van der Waals surface area contributed by atoms with Crippen LogP contribution in [0.5, 0.6) is 11.5 Å². The zero-order chi connectivity index (χ0) is 21.1. The highest BCUT2D eigenvalue weighted by atomic mass is 35.5. The van der Waals surface area contributed by atoms with Crippen LogP contribution in [-0.4, -0.2) is 40.5 Å². The number of aromatic nitrogens is 1. The van der Waals surface area contributed by atoms with Gasteiger partial charge in [-0.05, 0) is 49.7 Å². The molecule has 0 aliphatic carbocycles. The summed E-state index contributed by atoms with van der Waals surface area (Å²) in [7, 11) is 0. The van der Waals surface area contributed by atoms with Crippen LogP contribution >= 0.6 is 11.6 Å². The highest BCUT2D eigenvalue weighted by Crippen LogP contribution is 2.24. The van der Waals surface area contributed by atoms with E-state index in [1.165, 1.54) is 0 Å². The highest BCUT2D eigenvalue weighted by Gasteiger charge is 2.33. The Morgan fingerprint density at radius 1 is 1.13 bits per heavy atom. The zero-order valence-corrected chi connectivity index (χ0v) is 17.8. The van der Waals surface area contributed by atoms with Crippen LogP contribution in [0.15, 0.2) is 53.1 Å². The molecule has 1 fully saturated rings. The number of aliphatic hydroxyl groups excluding tert-OH is 1. The molecule has 2 aromatic carbocycles. The SMILES string of the molecule is Cc1noc(C)c1COc1ccc(CN2C[C@H](Oc3cccc(Cl)c3)[C@@H](O)C2)cc1. The maximum atomic E-state index is 10.4. The second kappa shape index (κ2) is 9.08. The van der Waals surface area contributed by atoms with E-state index in [0.717, 1.165) is 34.9 Å². The summed E-state index contributed by atoms with van der Waals surface area (Å²) in [5.74, 6) is 2.25. The molecule has 1 saturated heterocycles. The van der Waals surface area contributed by atoms with E-state index < -0.39 is 6.10 Å². The molecule has 1 N–H and O–H groups in total. The number of nitrogens with zero attached hydrogens (tertiary/aromatic N) is 2. The Balaban J connectivity index is 1.30. The minimum Gasteiger partial charge on any atom is -0.489 e. The van der Waals surface area contributed by atoms with Crippen molar-refractivity contribution in [1.82, 2.24) is 10.1 Å². The highest BCUT2D eigenvalue weighted by molar-refractivity contribution is 6.30. The molecular formula is C23H25ClN2O4. The van der Waals surface area contributed by atoms with Gasteiger partial charge in [-0.2, -0.15) is 0 Å². The molecule has 1 aliphatic heterocycles. The summed E-state index contributed by atoms with van der Waals surface area (Å²) in [6, 6.07) is 15.3. The molecule has 0 saturated carbocycles. The summed E-state index contributed by atoms with van der Waals surface area (Å²) in [6.07, 6.45) is -0.817. The van der Waals surface area contributed by atoms with Crippen LogP contribution in [0.4, 0.5) is 0 Å². The average Bonchev–Trinajstić information content (AvgIpc) is 3.22. The van der Waals surface area contributed by atoms with Crippen molar-refractivity contribution in [3.05, 3.63) is 76.1 Å². The van der Waals surface area contributed by atoms with Crippen LogP contribution in [0.1, 0.15) is 22.6 Å². The summed E-state index contributed by atoms with van der Waals surface area (Å²) in [6.45, 7) is 6.17. The van der Waals surface area contributed by atoms with Crippen molar-refractivity contribution in [1.29, 1.82) is 0 Å². The van der Waals surface area contributed by atoms with Crippen LogP contribution in [0.25, 0.3) is 0 Å². The van der Waals surface area contributed by atoms with Crippen molar-refractivity contribution in [2.24, 2.45) is 0 Å². The summed E-state index contributed by atoms with van der Waals surface area (Å²) >= 11 is 6.01. The number of likely N-dealkylation sites (tertiary alicyclic amines) is 1. The molecule has 0 spiro atoms. The van der Waals surface area contributed by atoms with Gasteiger partial charge in [-0.15, -0.1) is 0 Å². The molecule has 4 rings (SSSR count). The fourth-order valence-corrected chi connectivity index (χ4v) is 3.79. The topological polar surface area (TPSA) is 68.0 Å². The van der Waals surface area contributed by atoms with Gasteiger partial charge in [-0.25, -0.2) is 0 Å². The Morgan fingerprint density at radius 3 is 2.63 bits per heavy atom. The molecule has 0 amide bonds. The van der Waals surface area contributed by atoms with Crippen LogP contribution < -0.4 is 9.47 Å². The number of ether oxygens (including phenoxy) is 2. The van der Waals surface area contributed by atoms with Gasteiger partial charge in [0.05, 0.1) is 11.3 Å². The van der Waals surface area contributed by atoms with Crippen LogP contribution in [0, 0.1) is 13.8 Å². The lowest BCUT2D eigenvalue weighted by Gasteiger charge is -2.17. The third-order valence-corrected chi connectivity index (χ3v) is 5.53. The van der Waals surface area contributed by atoms with Gasteiger partial charge < -0.3 is 19.1 Å². The summed E-state index contributed by atoms with van der Waals surface area (Å²) in [4.78, 5) is 2.18. The summed E-state index contributed by atoms with van der Waals surface area (Å²) < 4.78 is 17.0. The van der Waals surface area contributed by atoms with E-state index in [0.29, 0.717) is 30.5 Å². The molecule has 0 bridgehead atoms. The standard InChI is InChI=1S/C23H25ClN2O4/c1-15-21(16(2)30-25-15)14-28-19-8-6-17(7-9-19)11-26-12-22(27)23(13-26)29-20-5-3-4-18(24)10-20/h3-10,22-23,27H,11-14H2,1-2H3/t22-,23-/m0/s1. The Hall–Kier alpha value is -2.54. The molecule has 1 aliphatic rings. The lowest BCUT2D eigenvalue weighted by molar-refractivity contribution is 0.0737. The van der Waals surface area contributed by atoms with Gasteiger partial charge in [0.2, 0.25) is 0 Å². The zero-order valence-electron chi connectivity index (χ0n) is 17.0. The Kier molecular flexibility index (Phi) is 6.27. The van der Waals surface area contributed by atoms with E-state index in [-0.39, 0.29) is 6.10 Å². The first-order valence-corrected chi connectivity index (χ1v) is 10.3. The van der Waals surface area contributed by atoms with Gasteiger partial charge in [-0.1, -0.05) is 35.0 Å². The molecule has 158 valence electrons. The van der Waals surface area contributed by atoms with Crippen molar-refractivity contribution < 1.29 is 19.1 Å². The first-order valence-electron chi connectivity index (χ1n) is 9.94. The fourth-order valence-electron chi connectivity index (χ4n) is 3.61. The molecule has 7 heteroatoms.